The number of hydrogen-bond acceptors (Lipinski definition) is 4. The van der Waals surface area contributed by atoms with Gasteiger partial charge < -0.3 is 15.6 Å². The van der Waals surface area contributed by atoms with Crippen LogP contribution in [0.15, 0.2) is 18.2 Å². The summed E-state index contributed by atoms with van der Waals surface area (Å²) in [5, 5.41) is 8.98. The molecule has 0 unspecified atom stereocenters. The summed E-state index contributed by atoms with van der Waals surface area (Å²) in [6.07, 6.45) is 0. The monoisotopic (exact) mass is 270 g/mol. The quantitative estimate of drug-likeness (QED) is 0.715. The van der Waals surface area contributed by atoms with Crippen LogP contribution < -0.4 is 5.73 Å². The predicted molar refractivity (Wildman–Crippen MR) is 69.2 cm³/mol. The number of rotatable bonds is 8. The third-order valence-corrected chi connectivity index (χ3v) is 2.75. The lowest BCUT2D eigenvalue weighted by Crippen LogP contribution is -2.30. The lowest BCUT2D eigenvalue weighted by atomic mass is 10.1. The van der Waals surface area contributed by atoms with Gasteiger partial charge in [0.05, 0.1) is 13.2 Å². The first kappa shape index (κ1) is 15.6. The second-order valence-corrected chi connectivity index (χ2v) is 4.16. The molecule has 0 heterocycles. The summed E-state index contributed by atoms with van der Waals surface area (Å²) >= 11 is 0. The van der Waals surface area contributed by atoms with E-state index in [9.17, 15) is 9.18 Å². The number of aliphatic hydroxyl groups is 1. The number of aliphatic hydroxyl groups excluding tert-OH is 1. The number of ether oxygens (including phenoxy) is 1. The number of nitrogens with two attached hydrogens (primary N) is 1. The Morgan fingerprint density at radius 1 is 1.47 bits per heavy atom. The fraction of sp³-hybridized carbons (Fsp3) is 0.462. The molecular weight excluding hydrogens is 251 g/mol. The van der Waals surface area contributed by atoms with E-state index in [1.807, 2.05) is 4.90 Å². The van der Waals surface area contributed by atoms with E-state index in [0.717, 1.165) is 0 Å². The number of primary amides is 1. The minimum Gasteiger partial charge on any atom is -0.395 e. The summed E-state index contributed by atoms with van der Waals surface area (Å²) in [5.74, 6) is -0.989. The van der Waals surface area contributed by atoms with Gasteiger partial charge in [-0.15, -0.1) is 0 Å². The summed E-state index contributed by atoms with van der Waals surface area (Å²) in [4.78, 5) is 12.9. The molecule has 6 heteroatoms. The molecular formula is C13H19FN2O3. The van der Waals surface area contributed by atoms with Crippen LogP contribution >= 0.6 is 0 Å². The van der Waals surface area contributed by atoms with E-state index in [-0.39, 0.29) is 18.7 Å². The molecule has 3 N–H and O–H groups in total. The van der Waals surface area contributed by atoms with Crippen molar-refractivity contribution in [3.8, 4) is 0 Å². The van der Waals surface area contributed by atoms with Crippen LogP contribution in [0, 0.1) is 5.82 Å². The fourth-order valence-electron chi connectivity index (χ4n) is 1.72. The molecule has 1 aromatic carbocycles. The molecule has 0 saturated heterocycles. The second kappa shape index (κ2) is 7.83. The summed E-state index contributed by atoms with van der Waals surface area (Å²) in [5.41, 5.74) is 5.81. The molecule has 0 aliphatic heterocycles. The van der Waals surface area contributed by atoms with E-state index in [4.69, 9.17) is 15.6 Å². The van der Waals surface area contributed by atoms with Gasteiger partial charge in [0.1, 0.15) is 5.82 Å². The number of carbonyl (C=O) groups excluding carboxylic acids is 1. The molecule has 5 nitrogen and oxygen atoms in total. The zero-order valence-electron chi connectivity index (χ0n) is 10.9. The van der Waals surface area contributed by atoms with E-state index in [1.54, 1.807) is 7.11 Å². The minimum atomic E-state index is -0.591. The van der Waals surface area contributed by atoms with Crippen LogP contribution in [0.2, 0.25) is 0 Å². The predicted octanol–water partition coefficient (Wildman–Crippen LogP) is 0.365. The molecule has 106 valence electrons. The molecule has 1 rings (SSSR count). The molecule has 0 aliphatic rings. The topological polar surface area (TPSA) is 75.8 Å². The summed E-state index contributed by atoms with van der Waals surface area (Å²) in [6, 6.07) is 4.02. The highest BCUT2D eigenvalue weighted by atomic mass is 19.1. The van der Waals surface area contributed by atoms with Crippen LogP contribution in [0.25, 0.3) is 0 Å². The van der Waals surface area contributed by atoms with Crippen molar-refractivity contribution in [1.82, 2.24) is 4.90 Å². The van der Waals surface area contributed by atoms with E-state index in [0.29, 0.717) is 25.3 Å². The van der Waals surface area contributed by atoms with Crippen LogP contribution in [0.4, 0.5) is 4.39 Å². The van der Waals surface area contributed by atoms with Crippen LogP contribution in [-0.4, -0.2) is 49.3 Å². The van der Waals surface area contributed by atoms with Crippen molar-refractivity contribution in [2.75, 3.05) is 33.4 Å². The van der Waals surface area contributed by atoms with Gasteiger partial charge in [0.2, 0.25) is 5.91 Å². The molecule has 0 atom stereocenters. The number of halogens is 1. The summed E-state index contributed by atoms with van der Waals surface area (Å²) < 4.78 is 18.6. The third-order valence-electron chi connectivity index (χ3n) is 2.75. The Hall–Kier alpha value is -1.50. The van der Waals surface area contributed by atoms with E-state index in [1.165, 1.54) is 18.2 Å². The maximum atomic E-state index is 13.7. The van der Waals surface area contributed by atoms with Gasteiger partial charge >= 0.3 is 0 Å². The van der Waals surface area contributed by atoms with E-state index in [2.05, 4.69) is 0 Å². The van der Waals surface area contributed by atoms with Gasteiger partial charge in [-0.25, -0.2) is 4.39 Å². The van der Waals surface area contributed by atoms with Crippen molar-refractivity contribution in [1.29, 1.82) is 0 Å². The summed E-state index contributed by atoms with van der Waals surface area (Å²) in [6.45, 7) is 1.72. The minimum absolute atomic E-state index is 0.0269. The van der Waals surface area contributed by atoms with Crippen LogP contribution in [-0.2, 0) is 11.3 Å². The SMILES string of the molecule is COCCN(CCO)Cc1cc(C(N)=O)ccc1F. The molecule has 0 aliphatic carbocycles. The average molecular weight is 270 g/mol. The first-order valence-corrected chi connectivity index (χ1v) is 5.99. The highest BCUT2D eigenvalue weighted by Gasteiger charge is 2.11. The van der Waals surface area contributed by atoms with Gasteiger partial charge in [0.15, 0.2) is 0 Å². The average Bonchev–Trinajstić information content (AvgIpc) is 2.38. The van der Waals surface area contributed by atoms with Crippen LogP contribution in [0.1, 0.15) is 15.9 Å². The highest BCUT2D eigenvalue weighted by molar-refractivity contribution is 5.92. The second-order valence-electron chi connectivity index (χ2n) is 4.16. The maximum Gasteiger partial charge on any atom is 0.248 e. The van der Waals surface area contributed by atoms with Crippen molar-refractivity contribution in [3.05, 3.63) is 35.1 Å². The Labute approximate surface area is 111 Å². The van der Waals surface area contributed by atoms with Gasteiger partial charge in [0.25, 0.3) is 0 Å². The standard InChI is InChI=1S/C13H19FN2O3/c1-19-7-5-16(4-6-17)9-11-8-10(13(15)18)2-3-12(11)14/h2-3,8,17H,4-7,9H2,1H3,(H2,15,18). The van der Waals surface area contributed by atoms with Crippen molar-refractivity contribution in [3.63, 3.8) is 0 Å². The zero-order valence-corrected chi connectivity index (χ0v) is 10.9. The normalized spacial score (nSPS) is 10.9. The Kier molecular flexibility index (Phi) is 6.41. The molecule has 19 heavy (non-hydrogen) atoms. The number of methoxy groups -OCH3 is 1. The Balaban J connectivity index is 2.81. The van der Waals surface area contributed by atoms with Gasteiger partial charge in [-0.05, 0) is 18.2 Å². The largest absolute Gasteiger partial charge is 0.395 e. The fourth-order valence-corrected chi connectivity index (χ4v) is 1.72. The lowest BCUT2D eigenvalue weighted by molar-refractivity contribution is 0.0999. The zero-order chi connectivity index (χ0) is 14.3. The van der Waals surface area contributed by atoms with Gasteiger partial charge in [0, 0.05) is 37.9 Å². The van der Waals surface area contributed by atoms with Crippen molar-refractivity contribution in [2.45, 2.75) is 6.54 Å². The molecule has 0 saturated carbocycles. The van der Waals surface area contributed by atoms with Gasteiger partial charge in [-0.1, -0.05) is 0 Å². The van der Waals surface area contributed by atoms with Crippen molar-refractivity contribution in [2.24, 2.45) is 5.73 Å². The molecule has 0 bridgehead atoms. The van der Waals surface area contributed by atoms with Crippen molar-refractivity contribution >= 4 is 5.91 Å². The van der Waals surface area contributed by atoms with Crippen LogP contribution in [0.5, 0.6) is 0 Å². The van der Waals surface area contributed by atoms with E-state index < -0.39 is 11.7 Å². The highest BCUT2D eigenvalue weighted by Crippen LogP contribution is 2.13. The third kappa shape index (κ3) is 4.94. The lowest BCUT2D eigenvalue weighted by Gasteiger charge is -2.21. The maximum absolute atomic E-state index is 13.7. The Morgan fingerprint density at radius 3 is 2.79 bits per heavy atom. The Bertz CT molecular complexity index is 426. The number of carbonyl (C=O) groups is 1. The first-order chi connectivity index (χ1) is 9.08. The van der Waals surface area contributed by atoms with E-state index >= 15 is 0 Å². The Morgan fingerprint density at radius 2 is 2.21 bits per heavy atom. The smallest absolute Gasteiger partial charge is 0.248 e. The molecule has 1 amide bonds. The molecule has 0 fully saturated rings. The van der Waals surface area contributed by atoms with Gasteiger partial charge in [-0.3, -0.25) is 9.69 Å². The van der Waals surface area contributed by atoms with Crippen molar-refractivity contribution < 1.29 is 19.0 Å². The van der Waals surface area contributed by atoms with Crippen LogP contribution in [0.3, 0.4) is 0 Å². The van der Waals surface area contributed by atoms with Gasteiger partial charge in [-0.2, -0.15) is 0 Å². The number of hydrogen-bond donors (Lipinski definition) is 2. The molecule has 0 aromatic heterocycles. The first-order valence-electron chi connectivity index (χ1n) is 5.99. The summed E-state index contributed by atoms with van der Waals surface area (Å²) in [7, 11) is 1.57. The number of benzene rings is 1. The molecule has 0 spiro atoms. The molecule has 1 aromatic rings. The number of amides is 1. The number of nitrogens with zero attached hydrogens (tertiary/aromatic N) is 1. The molecule has 0 radical (unpaired) electrons.